The zero-order chi connectivity index (χ0) is 11.4. The Morgan fingerprint density at radius 1 is 1.53 bits per heavy atom. The molecule has 0 aromatic heterocycles. The van der Waals surface area contributed by atoms with Crippen LogP contribution in [0.25, 0.3) is 0 Å². The maximum Gasteiger partial charge on any atom is 0.0615 e. The van der Waals surface area contributed by atoms with Gasteiger partial charge >= 0.3 is 0 Å². The van der Waals surface area contributed by atoms with Crippen molar-refractivity contribution in [2.24, 2.45) is 11.7 Å². The van der Waals surface area contributed by atoms with Crippen LogP contribution in [0, 0.1) is 5.92 Å². The van der Waals surface area contributed by atoms with Crippen molar-refractivity contribution in [1.82, 2.24) is 4.90 Å². The summed E-state index contributed by atoms with van der Waals surface area (Å²) < 4.78 is 5.11. The van der Waals surface area contributed by atoms with Gasteiger partial charge in [-0.05, 0) is 32.7 Å². The van der Waals surface area contributed by atoms with Gasteiger partial charge in [-0.1, -0.05) is 0 Å². The first-order valence-electron chi connectivity index (χ1n) is 5.69. The molecule has 0 saturated heterocycles. The van der Waals surface area contributed by atoms with Gasteiger partial charge in [0.15, 0.2) is 0 Å². The van der Waals surface area contributed by atoms with Crippen LogP contribution in [0.5, 0.6) is 0 Å². The number of likely N-dealkylation sites (N-methyl/N-ethyl adjacent to an activating group) is 1. The molecule has 4 nitrogen and oxygen atoms in total. The Hall–Kier alpha value is -0.160. The molecule has 1 rings (SSSR count). The third kappa shape index (κ3) is 3.41. The Balaban J connectivity index is 2.47. The fourth-order valence-corrected chi connectivity index (χ4v) is 2.00. The summed E-state index contributed by atoms with van der Waals surface area (Å²) in [6.45, 7) is 2.89. The average Bonchev–Trinajstić information content (AvgIpc) is 3.02. The van der Waals surface area contributed by atoms with E-state index in [2.05, 4.69) is 11.8 Å². The number of aliphatic hydroxyl groups is 1. The largest absolute Gasteiger partial charge is 0.395 e. The summed E-state index contributed by atoms with van der Waals surface area (Å²) in [6, 6.07) is 0.443. The van der Waals surface area contributed by atoms with Crippen molar-refractivity contribution in [1.29, 1.82) is 0 Å². The molecule has 1 aliphatic carbocycles. The highest BCUT2D eigenvalue weighted by Gasteiger charge is 2.36. The number of nitrogens with zero attached hydrogens (tertiary/aromatic N) is 1. The van der Waals surface area contributed by atoms with Gasteiger partial charge in [0.05, 0.1) is 13.2 Å². The molecule has 0 aliphatic heterocycles. The average molecular weight is 216 g/mol. The molecule has 0 aromatic rings. The first kappa shape index (κ1) is 12.9. The standard InChI is InChI=1S/C11H24N2O2/c1-8(7-15-3)13(2)10(6-14)11(12)9-4-5-9/h8-11,14H,4-7,12H2,1-3H3. The fraction of sp³-hybridized carbons (Fsp3) is 1.00. The molecule has 15 heavy (non-hydrogen) atoms. The van der Waals surface area contributed by atoms with Gasteiger partial charge in [0.2, 0.25) is 0 Å². The number of nitrogens with two attached hydrogens (primary N) is 1. The molecule has 4 heteroatoms. The van der Waals surface area contributed by atoms with Crippen LogP contribution in [0.4, 0.5) is 0 Å². The summed E-state index contributed by atoms with van der Waals surface area (Å²) in [5, 5.41) is 9.40. The quantitative estimate of drug-likeness (QED) is 0.631. The Morgan fingerprint density at radius 3 is 2.53 bits per heavy atom. The summed E-state index contributed by atoms with van der Waals surface area (Å²) >= 11 is 0. The van der Waals surface area contributed by atoms with E-state index in [-0.39, 0.29) is 24.7 Å². The number of ether oxygens (including phenoxy) is 1. The van der Waals surface area contributed by atoms with Crippen LogP contribution in [-0.4, -0.2) is 55.5 Å². The number of rotatable bonds is 7. The first-order valence-corrected chi connectivity index (χ1v) is 5.69. The SMILES string of the molecule is COCC(C)N(C)C(CO)C(N)C1CC1. The van der Waals surface area contributed by atoms with Crippen molar-refractivity contribution in [3.63, 3.8) is 0 Å². The number of hydrogen-bond acceptors (Lipinski definition) is 4. The summed E-state index contributed by atoms with van der Waals surface area (Å²) in [6.07, 6.45) is 2.42. The smallest absolute Gasteiger partial charge is 0.0615 e. The highest BCUT2D eigenvalue weighted by atomic mass is 16.5. The molecule has 0 amide bonds. The van der Waals surface area contributed by atoms with Crippen LogP contribution >= 0.6 is 0 Å². The van der Waals surface area contributed by atoms with Gasteiger partial charge in [-0.15, -0.1) is 0 Å². The Labute approximate surface area is 92.4 Å². The van der Waals surface area contributed by atoms with Crippen LogP contribution in [0.15, 0.2) is 0 Å². The lowest BCUT2D eigenvalue weighted by Crippen LogP contribution is -2.53. The third-order valence-corrected chi connectivity index (χ3v) is 3.42. The predicted octanol–water partition coefficient (Wildman–Crippen LogP) is 0.0513. The summed E-state index contributed by atoms with van der Waals surface area (Å²) in [7, 11) is 3.70. The Bertz CT molecular complexity index is 185. The topological polar surface area (TPSA) is 58.7 Å². The second-order valence-electron chi connectivity index (χ2n) is 4.63. The van der Waals surface area contributed by atoms with Crippen LogP contribution < -0.4 is 5.73 Å². The lowest BCUT2D eigenvalue weighted by Gasteiger charge is -2.35. The van der Waals surface area contributed by atoms with E-state index >= 15 is 0 Å². The maximum absolute atomic E-state index is 9.40. The number of methoxy groups -OCH3 is 1. The molecule has 3 unspecified atom stereocenters. The van der Waals surface area contributed by atoms with Crippen LogP contribution in [0.2, 0.25) is 0 Å². The van der Waals surface area contributed by atoms with Gasteiger partial charge in [-0.2, -0.15) is 0 Å². The predicted molar refractivity (Wildman–Crippen MR) is 60.7 cm³/mol. The number of aliphatic hydroxyl groups excluding tert-OH is 1. The minimum absolute atomic E-state index is 0.0580. The van der Waals surface area contributed by atoms with Crippen LogP contribution in [0.3, 0.4) is 0 Å². The second-order valence-corrected chi connectivity index (χ2v) is 4.63. The fourth-order valence-electron chi connectivity index (χ4n) is 2.00. The van der Waals surface area contributed by atoms with Crippen LogP contribution in [-0.2, 0) is 4.74 Å². The van der Waals surface area contributed by atoms with Gasteiger partial charge in [0, 0.05) is 25.2 Å². The monoisotopic (exact) mass is 216 g/mol. The highest BCUT2D eigenvalue weighted by Crippen LogP contribution is 2.34. The molecule has 3 atom stereocenters. The summed E-state index contributed by atoms with van der Waals surface area (Å²) in [5.41, 5.74) is 6.13. The van der Waals surface area contributed by atoms with Crippen molar-refractivity contribution in [3.05, 3.63) is 0 Å². The lowest BCUT2D eigenvalue weighted by molar-refractivity contribution is 0.0504. The molecule has 0 spiro atoms. The summed E-state index contributed by atoms with van der Waals surface area (Å²) in [5.74, 6) is 0.611. The van der Waals surface area contributed by atoms with Gasteiger partial charge in [-0.3, -0.25) is 4.90 Å². The van der Waals surface area contributed by atoms with Crippen molar-refractivity contribution >= 4 is 0 Å². The van der Waals surface area contributed by atoms with Crippen molar-refractivity contribution in [2.75, 3.05) is 27.4 Å². The van der Waals surface area contributed by atoms with E-state index in [0.717, 1.165) is 0 Å². The van der Waals surface area contributed by atoms with E-state index in [1.54, 1.807) is 7.11 Å². The van der Waals surface area contributed by atoms with Gasteiger partial charge in [0.25, 0.3) is 0 Å². The van der Waals surface area contributed by atoms with E-state index in [0.29, 0.717) is 12.5 Å². The second kappa shape index (κ2) is 5.80. The molecule has 0 bridgehead atoms. The Kier molecular flexibility index (Phi) is 4.99. The zero-order valence-electron chi connectivity index (χ0n) is 10.0. The van der Waals surface area contributed by atoms with E-state index < -0.39 is 0 Å². The minimum Gasteiger partial charge on any atom is -0.395 e. The molecule has 3 N–H and O–H groups in total. The first-order chi connectivity index (χ1) is 7.11. The Morgan fingerprint density at radius 2 is 2.13 bits per heavy atom. The van der Waals surface area contributed by atoms with E-state index in [1.165, 1.54) is 12.8 Å². The molecule has 90 valence electrons. The molecule has 0 heterocycles. The van der Waals surface area contributed by atoms with Crippen LogP contribution in [0.1, 0.15) is 19.8 Å². The molecular formula is C11H24N2O2. The van der Waals surface area contributed by atoms with Gasteiger partial charge in [-0.25, -0.2) is 0 Å². The zero-order valence-corrected chi connectivity index (χ0v) is 10.0. The van der Waals surface area contributed by atoms with Crippen molar-refractivity contribution in [3.8, 4) is 0 Å². The van der Waals surface area contributed by atoms with Crippen molar-refractivity contribution in [2.45, 2.75) is 37.9 Å². The molecule has 1 saturated carbocycles. The molecular weight excluding hydrogens is 192 g/mol. The molecule has 0 aromatic carbocycles. The lowest BCUT2D eigenvalue weighted by atomic mass is 10.0. The normalized spacial score (nSPS) is 22.8. The highest BCUT2D eigenvalue weighted by molar-refractivity contribution is 4.93. The third-order valence-electron chi connectivity index (χ3n) is 3.42. The number of hydrogen-bond donors (Lipinski definition) is 2. The maximum atomic E-state index is 9.40. The van der Waals surface area contributed by atoms with Gasteiger partial charge in [0.1, 0.15) is 0 Å². The van der Waals surface area contributed by atoms with E-state index in [9.17, 15) is 5.11 Å². The molecule has 1 aliphatic rings. The van der Waals surface area contributed by atoms with Crippen molar-refractivity contribution < 1.29 is 9.84 Å². The van der Waals surface area contributed by atoms with E-state index in [1.807, 2.05) is 7.05 Å². The molecule has 1 fully saturated rings. The van der Waals surface area contributed by atoms with E-state index in [4.69, 9.17) is 10.5 Å². The van der Waals surface area contributed by atoms with Gasteiger partial charge < -0.3 is 15.6 Å². The summed E-state index contributed by atoms with van der Waals surface area (Å²) in [4.78, 5) is 2.13. The minimum atomic E-state index is 0.0580. The molecule has 0 radical (unpaired) electrons.